The Hall–Kier alpha value is -0.740. The molecule has 20 heavy (non-hydrogen) atoms. The molecule has 2 aromatic rings. The van der Waals surface area contributed by atoms with E-state index in [1.54, 1.807) is 23.1 Å². The molecule has 0 spiro atoms. The molecule has 1 N–H and O–H groups in total. The van der Waals surface area contributed by atoms with Gasteiger partial charge in [0, 0.05) is 11.7 Å². The van der Waals surface area contributed by atoms with Gasteiger partial charge in [0.1, 0.15) is 0 Å². The summed E-state index contributed by atoms with van der Waals surface area (Å²) in [6, 6.07) is 7.17. The van der Waals surface area contributed by atoms with Crippen LogP contribution >= 0.6 is 23.1 Å². The van der Waals surface area contributed by atoms with Crippen molar-refractivity contribution in [1.29, 1.82) is 0 Å². The van der Waals surface area contributed by atoms with Gasteiger partial charge in [0.2, 0.25) is 0 Å². The standard InChI is InChI=1S/C16H22N2S2/c1-16(2)9-5-4-6-14(16)17-11-7-8-12-13(10-11)20-15(18-12)19-3/h7-8,10,14,17H,4-6,9H2,1-3H3. The predicted octanol–water partition coefficient (Wildman–Crippen LogP) is 5.40. The molecule has 1 aliphatic rings. The first-order chi connectivity index (χ1) is 9.58. The van der Waals surface area contributed by atoms with Crippen molar-refractivity contribution in [2.24, 2.45) is 5.41 Å². The highest BCUT2D eigenvalue weighted by molar-refractivity contribution is 8.00. The van der Waals surface area contributed by atoms with Gasteiger partial charge >= 0.3 is 0 Å². The molecule has 0 radical (unpaired) electrons. The molecule has 1 unspecified atom stereocenters. The second kappa shape index (κ2) is 5.57. The molecule has 1 atom stereocenters. The number of hydrogen-bond acceptors (Lipinski definition) is 4. The van der Waals surface area contributed by atoms with Crippen molar-refractivity contribution in [2.45, 2.75) is 49.9 Å². The third kappa shape index (κ3) is 2.82. The number of anilines is 1. The van der Waals surface area contributed by atoms with Crippen LogP contribution in [0.15, 0.2) is 22.5 Å². The molecule has 1 aromatic heterocycles. The third-order valence-corrected chi connectivity index (χ3v) is 6.39. The van der Waals surface area contributed by atoms with E-state index in [9.17, 15) is 0 Å². The van der Waals surface area contributed by atoms with E-state index in [0.717, 1.165) is 9.86 Å². The number of thioether (sulfide) groups is 1. The van der Waals surface area contributed by atoms with Crippen molar-refractivity contribution in [3.63, 3.8) is 0 Å². The molecule has 0 amide bonds. The first-order valence-electron chi connectivity index (χ1n) is 7.30. The second-order valence-electron chi connectivity index (χ2n) is 6.30. The lowest BCUT2D eigenvalue weighted by molar-refractivity contribution is 0.217. The van der Waals surface area contributed by atoms with E-state index in [2.05, 4.69) is 48.6 Å². The van der Waals surface area contributed by atoms with Crippen LogP contribution in [0.5, 0.6) is 0 Å². The summed E-state index contributed by atoms with van der Waals surface area (Å²) in [5, 5.41) is 3.76. The van der Waals surface area contributed by atoms with Gasteiger partial charge in [-0.05, 0) is 42.7 Å². The molecule has 0 bridgehead atoms. The van der Waals surface area contributed by atoms with Crippen molar-refractivity contribution in [3.05, 3.63) is 18.2 Å². The van der Waals surface area contributed by atoms with Crippen LogP contribution in [0.1, 0.15) is 39.5 Å². The summed E-state index contributed by atoms with van der Waals surface area (Å²) >= 11 is 3.51. The van der Waals surface area contributed by atoms with Crippen LogP contribution in [0.4, 0.5) is 5.69 Å². The lowest BCUT2D eigenvalue weighted by Crippen LogP contribution is -2.38. The van der Waals surface area contributed by atoms with Crippen LogP contribution in [-0.2, 0) is 0 Å². The molecule has 4 heteroatoms. The average Bonchev–Trinajstić information content (AvgIpc) is 2.83. The summed E-state index contributed by atoms with van der Waals surface area (Å²) in [5.74, 6) is 0. The number of thiazole rings is 1. The molecule has 3 rings (SSSR count). The van der Waals surface area contributed by atoms with Gasteiger partial charge in [-0.2, -0.15) is 0 Å². The van der Waals surface area contributed by atoms with Crippen LogP contribution in [0.2, 0.25) is 0 Å². The van der Waals surface area contributed by atoms with E-state index < -0.39 is 0 Å². The summed E-state index contributed by atoms with van der Waals surface area (Å²) in [7, 11) is 0. The molecule has 1 aromatic carbocycles. The third-order valence-electron chi connectivity index (χ3n) is 4.39. The molecule has 1 aliphatic carbocycles. The van der Waals surface area contributed by atoms with Gasteiger partial charge in [-0.3, -0.25) is 0 Å². The molecule has 1 saturated carbocycles. The number of aromatic nitrogens is 1. The maximum Gasteiger partial charge on any atom is 0.150 e. The Morgan fingerprint density at radius 1 is 1.35 bits per heavy atom. The van der Waals surface area contributed by atoms with E-state index in [1.807, 2.05) is 0 Å². The van der Waals surface area contributed by atoms with E-state index in [4.69, 9.17) is 0 Å². The highest BCUT2D eigenvalue weighted by atomic mass is 32.2. The predicted molar refractivity (Wildman–Crippen MR) is 91.1 cm³/mol. The molecule has 1 fully saturated rings. The van der Waals surface area contributed by atoms with Crippen LogP contribution in [-0.4, -0.2) is 17.3 Å². The zero-order chi connectivity index (χ0) is 14.2. The van der Waals surface area contributed by atoms with Crippen molar-refractivity contribution < 1.29 is 0 Å². The van der Waals surface area contributed by atoms with Crippen LogP contribution < -0.4 is 5.32 Å². The normalized spacial score (nSPS) is 22.1. The Balaban J connectivity index is 1.83. The fourth-order valence-electron chi connectivity index (χ4n) is 3.04. The van der Waals surface area contributed by atoms with Gasteiger partial charge in [-0.25, -0.2) is 4.98 Å². The summed E-state index contributed by atoms with van der Waals surface area (Å²) in [6.07, 6.45) is 7.41. The molecular formula is C16H22N2S2. The Bertz CT molecular complexity index is 604. The molecule has 0 saturated heterocycles. The number of hydrogen-bond donors (Lipinski definition) is 1. The minimum absolute atomic E-state index is 0.394. The second-order valence-corrected chi connectivity index (χ2v) is 8.38. The van der Waals surface area contributed by atoms with Crippen molar-refractivity contribution in [1.82, 2.24) is 4.98 Å². The SMILES string of the molecule is CSc1nc2ccc(NC3CCCCC3(C)C)cc2s1. The maximum absolute atomic E-state index is 4.60. The maximum atomic E-state index is 4.60. The van der Waals surface area contributed by atoms with E-state index in [0.29, 0.717) is 11.5 Å². The number of benzene rings is 1. The van der Waals surface area contributed by atoms with Gasteiger partial charge in [0.15, 0.2) is 4.34 Å². The fraction of sp³-hybridized carbons (Fsp3) is 0.562. The Kier molecular flexibility index (Phi) is 3.95. The zero-order valence-electron chi connectivity index (χ0n) is 12.4. The summed E-state index contributed by atoms with van der Waals surface area (Å²) in [6.45, 7) is 4.78. The lowest BCUT2D eigenvalue weighted by atomic mass is 9.73. The smallest absolute Gasteiger partial charge is 0.150 e. The highest BCUT2D eigenvalue weighted by Gasteiger charge is 2.31. The number of nitrogens with zero attached hydrogens (tertiary/aromatic N) is 1. The summed E-state index contributed by atoms with van der Waals surface area (Å²) in [4.78, 5) is 4.60. The van der Waals surface area contributed by atoms with E-state index >= 15 is 0 Å². The summed E-state index contributed by atoms with van der Waals surface area (Å²) < 4.78 is 2.43. The van der Waals surface area contributed by atoms with E-state index in [1.165, 1.54) is 36.1 Å². The fourth-order valence-corrected chi connectivity index (χ4v) is 4.57. The Labute approximate surface area is 129 Å². The van der Waals surface area contributed by atoms with Gasteiger partial charge in [-0.15, -0.1) is 11.3 Å². The van der Waals surface area contributed by atoms with Crippen molar-refractivity contribution in [2.75, 3.05) is 11.6 Å². The number of rotatable bonds is 3. The Morgan fingerprint density at radius 3 is 2.95 bits per heavy atom. The molecule has 2 nitrogen and oxygen atoms in total. The minimum atomic E-state index is 0.394. The number of fused-ring (bicyclic) bond motifs is 1. The quantitative estimate of drug-likeness (QED) is 0.769. The largest absolute Gasteiger partial charge is 0.382 e. The molecule has 0 aliphatic heterocycles. The average molecular weight is 306 g/mol. The first-order valence-corrected chi connectivity index (χ1v) is 9.34. The monoisotopic (exact) mass is 306 g/mol. The van der Waals surface area contributed by atoms with Gasteiger partial charge in [-0.1, -0.05) is 38.5 Å². The molecular weight excluding hydrogens is 284 g/mol. The highest BCUT2D eigenvalue weighted by Crippen LogP contribution is 2.38. The molecule has 1 heterocycles. The van der Waals surface area contributed by atoms with Gasteiger partial charge < -0.3 is 5.32 Å². The van der Waals surface area contributed by atoms with Gasteiger partial charge in [0.05, 0.1) is 10.2 Å². The zero-order valence-corrected chi connectivity index (χ0v) is 14.0. The minimum Gasteiger partial charge on any atom is -0.382 e. The molecule has 108 valence electrons. The lowest BCUT2D eigenvalue weighted by Gasteiger charge is -2.39. The van der Waals surface area contributed by atoms with Gasteiger partial charge in [0.25, 0.3) is 0 Å². The first kappa shape index (κ1) is 14.2. The topological polar surface area (TPSA) is 24.9 Å². The summed E-state index contributed by atoms with van der Waals surface area (Å²) in [5.41, 5.74) is 2.76. The van der Waals surface area contributed by atoms with Crippen LogP contribution in [0.3, 0.4) is 0 Å². The van der Waals surface area contributed by atoms with Crippen molar-refractivity contribution in [3.8, 4) is 0 Å². The van der Waals surface area contributed by atoms with Crippen LogP contribution in [0, 0.1) is 5.41 Å². The van der Waals surface area contributed by atoms with Crippen LogP contribution in [0.25, 0.3) is 10.2 Å². The van der Waals surface area contributed by atoms with Crippen molar-refractivity contribution >= 4 is 39.0 Å². The van der Waals surface area contributed by atoms with E-state index in [-0.39, 0.29) is 0 Å². The Morgan fingerprint density at radius 2 is 2.20 bits per heavy atom. The number of nitrogens with one attached hydrogen (secondary N) is 1.